The van der Waals surface area contributed by atoms with E-state index in [0.717, 1.165) is 16.9 Å². The summed E-state index contributed by atoms with van der Waals surface area (Å²) in [6.45, 7) is 7.83. The van der Waals surface area contributed by atoms with E-state index >= 15 is 0 Å². The zero-order chi connectivity index (χ0) is 24.0. The molecule has 9 heteroatoms. The Morgan fingerprint density at radius 1 is 1.15 bits per heavy atom. The Morgan fingerprint density at radius 2 is 1.91 bits per heavy atom. The van der Waals surface area contributed by atoms with Crippen LogP contribution in [-0.4, -0.2) is 44.8 Å². The Bertz CT molecular complexity index is 1160. The molecule has 0 fully saturated rings. The predicted octanol–water partition coefficient (Wildman–Crippen LogP) is 4.27. The monoisotopic (exact) mass is 472 g/mol. The average Bonchev–Trinajstić information content (AvgIpc) is 3.29. The third kappa shape index (κ3) is 5.85. The van der Waals surface area contributed by atoms with Crippen molar-refractivity contribution in [3.63, 3.8) is 0 Å². The van der Waals surface area contributed by atoms with Gasteiger partial charge in [-0.2, -0.15) is 0 Å². The zero-order valence-corrected chi connectivity index (χ0v) is 20.9. The summed E-state index contributed by atoms with van der Waals surface area (Å²) in [4.78, 5) is 12.6. The number of ether oxygens (including phenoxy) is 4. The summed E-state index contributed by atoms with van der Waals surface area (Å²) in [5.41, 5.74) is 2.21. The molecule has 0 saturated carbocycles. The van der Waals surface area contributed by atoms with E-state index in [-0.39, 0.29) is 20.3 Å². The van der Waals surface area contributed by atoms with Crippen LogP contribution >= 0.6 is 0 Å². The number of fused-ring (bicyclic) bond motifs is 1. The van der Waals surface area contributed by atoms with E-state index < -0.39 is 19.9 Å². The molecule has 2 heterocycles. The standard InChI is InChI=1S/C24H32N2O6Si/c1-7-20(31-17-29-3)23-22(18-10-8-9-11-19(18)26(23)16-28-2)21-14-25(24(27)32-21)15-30-12-13-33(4,5)6/h1,8-11,14,20H,12-13,15-17H2,2-6H3. The molecule has 0 N–H and O–H groups in total. The van der Waals surface area contributed by atoms with Crippen molar-refractivity contribution in [2.75, 3.05) is 27.6 Å². The van der Waals surface area contributed by atoms with Gasteiger partial charge in [0.1, 0.15) is 20.3 Å². The quantitative estimate of drug-likeness (QED) is 0.170. The minimum atomic E-state index is -1.22. The molecule has 0 amide bonds. The van der Waals surface area contributed by atoms with Gasteiger partial charge in [-0.3, -0.25) is 4.57 Å². The minimum absolute atomic E-state index is 0.0126. The van der Waals surface area contributed by atoms with Crippen molar-refractivity contribution in [2.45, 2.75) is 45.3 Å². The topological polar surface area (TPSA) is 77.0 Å². The largest absolute Gasteiger partial charge is 0.421 e. The maximum Gasteiger partial charge on any atom is 0.421 e. The van der Waals surface area contributed by atoms with E-state index in [9.17, 15) is 4.79 Å². The van der Waals surface area contributed by atoms with Crippen molar-refractivity contribution >= 4 is 19.0 Å². The van der Waals surface area contributed by atoms with Crippen molar-refractivity contribution in [1.29, 1.82) is 0 Å². The van der Waals surface area contributed by atoms with Gasteiger partial charge in [0.15, 0.2) is 11.9 Å². The predicted molar refractivity (Wildman–Crippen MR) is 130 cm³/mol. The number of terminal acetylenes is 1. The number of oxazole rings is 1. The highest BCUT2D eigenvalue weighted by atomic mass is 28.3. The number of aromatic nitrogens is 2. The van der Waals surface area contributed by atoms with E-state index in [1.807, 2.05) is 28.8 Å². The normalized spacial score (nSPS) is 12.8. The van der Waals surface area contributed by atoms with E-state index in [4.69, 9.17) is 29.8 Å². The highest BCUT2D eigenvalue weighted by molar-refractivity contribution is 6.76. The summed E-state index contributed by atoms with van der Waals surface area (Å²) in [6.07, 6.45) is 6.74. The van der Waals surface area contributed by atoms with E-state index in [1.165, 1.54) is 11.7 Å². The van der Waals surface area contributed by atoms with Crippen LogP contribution in [0.5, 0.6) is 0 Å². The first-order valence-corrected chi connectivity index (χ1v) is 14.5. The summed E-state index contributed by atoms with van der Waals surface area (Å²) >= 11 is 0. The Labute approximate surface area is 195 Å². The Kier molecular flexibility index (Phi) is 8.34. The van der Waals surface area contributed by atoms with Gasteiger partial charge in [-0.05, 0) is 12.1 Å². The molecule has 2 aromatic heterocycles. The van der Waals surface area contributed by atoms with Crippen LogP contribution in [0.2, 0.25) is 25.7 Å². The third-order valence-electron chi connectivity index (χ3n) is 5.20. The molecule has 0 spiro atoms. The van der Waals surface area contributed by atoms with Gasteiger partial charge in [-0.1, -0.05) is 43.8 Å². The molecule has 1 atom stereocenters. The molecule has 1 unspecified atom stereocenters. The van der Waals surface area contributed by atoms with E-state index in [1.54, 1.807) is 13.3 Å². The Morgan fingerprint density at radius 3 is 2.58 bits per heavy atom. The fourth-order valence-electron chi connectivity index (χ4n) is 3.59. The summed E-state index contributed by atoms with van der Waals surface area (Å²) < 4.78 is 31.0. The lowest BCUT2D eigenvalue weighted by Crippen LogP contribution is -2.23. The number of benzene rings is 1. The molecular formula is C24H32N2O6Si. The van der Waals surface area contributed by atoms with Crippen molar-refractivity contribution in [3.05, 3.63) is 46.7 Å². The summed E-state index contributed by atoms with van der Waals surface area (Å²) in [7, 11) is 1.91. The second-order valence-electron chi connectivity index (χ2n) is 8.92. The first-order valence-electron chi connectivity index (χ1n) is 10.8. The zero-order valence-electron chi connectivity index (χ0n) is 19.9. The highest BCUT2D eigenvalue weighted by Crippen LogP contribution is 2.39. The van der Waals surface area contributed by atoms with Crippen LogP contribution in [0.15, 0.2) is 39.7 Å². The van der Waals surface area contributed by atoms with Crippen LogP contribution in [0.4, 0.5) is 0 Å². The van der Waals surface area contributed by atoms with E-state index in [2.05, 4.69) is 25.6 Å². The number of para-hydroxylation sites is 1. The number of hydrogen-bond donors (Lipinski definition) is 0. The van der Waals surface area contributed by atoms with Crippen LogP contribution in [-0.2, 0) is 32.4 Å². The van der Waals surface area contributed by atoms with Gasteiger partial charge < -0.3 is 27.9 Å². The molecule has 33 heavy (non-hydrogen) atoms. The summed E-state index contributed by atoms with van der Waals surface area (Å²) in [5.74, 6) is 2.56. The second-order valence-corrected chi connectivity index (χ2v) is 14.5. The van der Waals surface area contributed by atoms with Crippen LogP contribution in [0.25, 0.3) is 22.2 Å². The van der Waals surface area contributed by atoms with Crippen LogP contribution in [0.1, 0.15) is 11.8 Å². The van der Waals surface area contributed by atoms with E-state index in [0.29, 0.717) is 23.6 Å². The number of methoxy groups -OCH3 is 2. The van der Waals surface area contributed by atoms with Crippen molar-refractivity contribution < 1.29 is 23.4 Å². The summed E-state index contributed by atoms with van der Waals surface area (Å²) in [5, 5.41) is 0.867. The molecule has 0 radical (unpaired) electrons. The van der Waals surface area contributed by atoms with Crippen LogP contribution < -0.4 is 5.76 Å². The molecule has 3 rings (SSSR count). The molecule has 3 aromatic rings. The highest BCUT2D eigenvalue weighted by Gasteiger charge is 2.27. The van der Waals surface area contributed by atoms with Gasteiger partial charge >= 0.3 is 5.76 Å². The Balaban J connectivity index is 2.06. The van der Waals surface area contributed by atoms with Crippen LogP contribution in [0, 0.1) is 12.3 Å². The molecule has 0 bridgehead atoms. The maximum atomic E-state index is 12.6. The van der Waals surface area contributed by atoms with Crippen molar-refractivity contribution in [2.24, 2.45) is 0 Å². The van der Waals surface area contributed by atoms with Gasteiger partial charge in [0, 0.05) is 34.3 Å². The van der Waals surface area contributed by atoms with Crippen molar-refractivity contribution in [3.8, 4) is 23.7 Å². The fraction of sp³-hybridized carbons (Fsp3) is 0.458. The third-order valence-corrected chi connectivity index (χ3v) is 6.90. The van der Waals surface area contributed by atoms with Crippen molar-refractivity contribution in [1.82, 2.24) is 9.13 Å². The maximum absolute atomic E-state index is 12.6. The molecule has 178 valence electrons. The molecule has 0 saturated heterocycles. The molecule has 0 aliphatic rings. The lowest BCUT2D eigenvalue weighted by Gasteiger charge is -2.17. The SMILES string of the molecule is C#CC(OCOC)c1c(-c2cn(COCC[Si](C)(C)C)c(=O)o2)c2ccccc2n1COC. The smallest absolute Gasteiger partial charge is 0.408 e. The van der Waals surface area contributed by atoms with Gasteiger partial charge in [0.2, 0.25) is 0 Å². The second kappa shape index (κ2) is 11.0. The van der Waals surface area contributed by atoms with Gasteiger partial charge in [0.25, 0.3) is 0 Å². The first kappa shape index (κ1) is 25.0. The average molecular weight is 473 g/mol. The first-order chi connectivity index (χ1) is 15.8. The molecule has 0 aliphatic carbocycles. The van der Waals surface area contributed by atoms with Gasteiger partial charge in [-0.25, -0.2) is 4.79 Å². The molecule has 0 aliphatic heterocycles. The summed E-state index contributed by atoms with van der Waals surface area (Å²) in [6, 6.07) is 8.77. The lowest BCUT2D eigenvalue weighted by atomic mass is 10.1. The fourth-order valence-corrected chi connectivity index (χ4v) is 4.34. The minimum Gasteiger partial charge on any atom is -0.408 e. The van der Waals surface area contributed by atoms with Gasteiger partial charge in [-0.15, -0.1) is 6.42 Å². The molecule has 1 aromatic carbocycles. The number of hydrogen-bond acceptors (Lipinski definition) is 6. The lowest BCUT2D eigenvalue weighted by molar-refractivity contribution is -0.0563. The molecule has 8 nitrogen and oxygen atoms in total. The molecular weight excluding hydrogens is 440 g/mol. The Hall–Kier alpha value is -2.61. The number of rotatable bonds is 12. The number of nitrogens with zero attached hydrogens (tertiary/aromatic N) is 2. The van der Waals surface area contributed by atoms with Crippen LogP contribution in [0.3, 0.4) is 0 Å². The van der Waals surface area contributed by atoms with Gasteiger partial charge in [0.05, 0.1) is 23.0 Å².